The molecule has 37 heavy (non-hydrogen) atoms. The van der Waals surface area contributed by atoms with Crippen LogP contribution in [0, 0.1) is 12.7 Å². The van der Waals surface area contributed by atoms with Gasteiger partial charge in [0.25, 0.3) is 10.0 Å². The van der Waals surface area contributed by atoms with E-state index in [2.05, 4.69) is 10.1 Å². The van der Waals surface area contributed by atoms with Crippen molar-refractivity contribution in [3.8, 4) is 5.75 Å². The van der Waals surface area contributed by atoms with E-state index in [9.17, 15) is 35.6 Å². The van der Waals surface area contributed by atoms with Crippen molar-refractivity contribution < 1.29 is 50.1 Å². The van der Waals surface area contributed by atoms with Gasteiger partial charge in [0.1, 0.15) is 17.7 Å². The zero-order valence-electron chi connectivity index (χ0n) is 19.9. The molecule has 2 aromatic rings. The van der Waals surface area contributed by atoms with Gasteiger partial charge in [0.05, 0.1) is 17.1 Å². The molecule has 0 saturated heterocycles. The summed E-state index contributed by atoms with van der Waals surface area (Å²) in [6, 6.07) is 6.89. The van der Waals surface area contributed by atoms with Crippen LogP contribution in [0.5, 0.6) is 5.75 Å². The predicted molar refractivity (Wildman–Crippen MR) is 124 cm³/mol. The van der Waals surface area contributed by atoms with Gasteiger partial charge in [-0.25, -0.2) is 17.6 Å². The van der Waals surface area contributed by atoms with E-state index >= 15 is 0 Å². The standard InChI is InChI=1S/C23H24F4N2O7S/c1-13-10-16(6-7-17(13)24)37(33,34)29-12-15(5-9-20(30)31)35-19-8-4-14(11-18(19)29)28-21(32)36-22(2,3)23(25,26)27/h4,6-8,10-11,15H,5,9,12H2,1-3H3,(H,28,32)(H,30,31)/t15-/m0/s1. The number of sulfonamides is 1. The average molecular weight is 549 g/mol. The summed E-state index contributed by atoms with van der Waals surface area (Å²) in [5, 5.41) is 11.1. The van der Waals surface area contributed by atoms with Gasteiger partial charge in [0.2, 0.25) is 5.60 Å². The summed E-state index contributed by atoms with van der Waals surface area (Å²) in [7, 11) is -4.33. The molecule has 3 rings (SSSR count). The minimum atomic E-state index is -4.84. The van der Waals surface area contributed by atoms with Crippen molar-refractivity contribution in [2.24, 2.45) is 0 Å². The number of anilines is 2. The van der Waals surface area contributed by atoms with Gasteiger partial charge in [-0.2, -0.15) is 13.2 Å². The van der Waals surface area contributed by atoms with E-state index in [1.165, 1.54) is 25.1 Å². The monoisotopic (exact) mass is 548 g/mol. The van der Waals surface area contributed by atoms with Crippen LogP contribution in [0.15, 0.2) is 41.3 Å². The summed E-state index contributed by atoms with van der Waals surface area (Å²) in [5.74, 6) is -1.70. The van der Waals surface area contributed by atoms with Gasteiger partial charge in [-0.1, -0.05) is 0 Å². The smallest absolute Gasteiger partial charge is 0.427 e. The summed E-state index contributed by atoms with van der Waals surface area (Å²) >= 11 is 0. The number of aryl methyl sites for hydroxylation is 1. The van der Waals surface area contributed by atoms with E-state index in [4.69, 9.17) is 9.84 Å². The fourth-order valence-corrected chi connectivity index (χ4v) is 4.97. The molecular weight excluding hydrogens is 524 g/mol. The molecule has 0 spiro atoms. The summed E-state index contributed by atoms with van der Waals surface area (Å²) < 4.78 is 91.1. The molecule has 1 heterocycles. The molecule has 0 unspecified atom stereocenters. The number of rotatable bonds is 7. The zero-order valence-corrected chi connectivity index (χ0v) is 20.7. The number of benzene rings is 2. The van der Waals surface area contributed by atoms with Crippen LogP contribution in [0.1, 0.15) is 32.3 Å². The van der Waals surface area contributed by atoms with Gasteiger partial charge in [0, 0.05) is 12.1 Å². The first kappa shape index (κ1) is 28.0. The van der Waals surface area contributed by atoms with Gasteiger partial charge in [-0.3, -0.25) is 14.4 Å². The molecule has 1 amide bonds. The third-order valence-electron chi connectivity index (χ3n) is 5.57. The molecular formula is C23H24F4N2O7S. The largest absolute Gasteiger partial charge is 0.486 e. The van der Waals surface area contributed by atoms with Crippen molar-refractivity contribution in [1.82, 2.24) is 0 Å². The normalized spacial score (nSPS) is 16.0. The molecule has 9 nitrogen and oxygen atoms in total. The minimum Gasteiger partial charge on any atom is -0.486 e. The number of ether oxygens (including phenoxy) is 2. The third-order valence-corrected chi connectivity index (χ3v) is 7.34. The van der Waals surface area contributed by atoms with Gasteiger partial charge >= 0.3 is 18.2 Å². The van der Waals surface area contributed by atoms with Crippen LogP contribution in [-0.4, -0.2) is 50.0 Å². The molecule has 2 aromatic carbocycles. The first-order valence-electron chi connectivity index (χ1n) is 10.9. The number of amides is 1. The molecule has 2 N–H and O–H groups in total. The Balaban J connectivity index is 1.97. The Morgan fingerprint density at radius 3 is 2.46 bits per heavy atom. The van der Waals surface area contributed by atoms with E-state index in [1.54, 1.807) is 0 Å². The van der Waals surface area contributed by atoms with Gasteiger partial charge in [-0.15, -0.1) is 0 Å². The van der Waals surface area contributed by atoms with Crippen molar-refractivity contribution in [2.45, 2.75) is 56.4 Å². The lowest BCUT2D eigenvalue weighted by Crippen LogP contribution is -2.44. The van der Waals surface area contributed by atoms with Gasteiger partial charge in [-0.05, 0) is 69.2 Å². The fourth-order valence-electron chi connectivity index (χ4n) is 3.39. The molecule has 1 aliphatic rings. The molecule has 0 bridgehead atoms. The van der Waals surface area contributed by atoms with Crippen LogP contribution in [-0.2, 0) is 19.6 Å². The first-order valence-corrected chi connectivity index (χ1v) is 12.3. The number of hydrogen-bond acceptors (Lipinski definition) is 6. The first-order chi connectivity index (χ1) is 17.0. The lowest BCUT2D eigenvalue weighted by molar-refractivity contribution is -0.242. The molecule has 0 aliphatic carbocycles. The van der Waals surface area contributed by atoms with Crippen LogP contribution in [0.25, 0.3) is 0 Å². The van der Waals surface area contributed by atoms with Crippen molar-refractivity contribution in [3.63, 3.8) is 0 Å². The van der Waals surface area contributed by atoms with E-state index in [-0.39, 0.29) is 47.0 Å². The number of carbonyl (C=O) groups excluding carboxylic acids is 1. The average Bonchev–Trinajstić information content (AvgIpc) is 2.77. The van der Waals surface area contributed by atoms with Crippen LogP contribution in [0.3, 0.4) is 0 Å². The Labute approximate surface area is 210 Å². The number of carbonyl (C=O) groups is 2. The Bertz CT molecular complexity index is 1310. The molecule has 0 saturated carbocycles. The number of hydrogen-bond donors (Lipinski definition) is 2. The number of carboxylic acids is 1. The number of carboxylic acid groups (broad SMARTS) is 1. The number of halogens is 4. The number of nitrogens with zero attached hydrogens (tertiary/aromatic N) is 1. The summed E-state index contributed by atoms with van der Waals surface area (Å²) in [6.45, 7) is 2.41. The molecule has 0 radical (unpaired) electrons. The number of nitrogens with one attached hydrogen (secondary N) is 1. The second-order valence-electron chi connectivity index (χ2n) is 8.82. The Hall–Kier alpha value is -3.55. The molecule has 0 fully saturated rings. The van der Waals surface area contributed by atoms with E-state index in [0.717, 1.165) is 22.5 Å². The minimum absolute atomic E-state index is 0.0257. The summed E-state index contributed by atoms with van der Waals surface area (Å²) in [5.41, 5.74) is -2.88. The molecule has 0 aromatic heterocycles. The summed E-state index contributed by atoms with van der Waals surface area (Å²) in [4.78, 5) is 22.9. The Morgan fingerprint density at radius 2 is 1.86 bits per heavy atom. The number of alkyl halides is 3. The molecule has 1 atom stereocenters. The molecule has 14 heteroatoms. The van der Waals surface area contributed by atoms with Crippen LogP contribution in [0.4, 0.5) is 33.7 Å². The predicted octanol–water partition coefficient (Wildman–Crippen LogP) is 4.84. The van der Waals surface area contributed by atoms with E-state index in [0.29, 0.717) is 13.8 Å². The lowest BCUT2D eigenvalue weighted by atomic mass is 10.1. The Kier molecular flexibility index (Phi) is 7.63. The quantitative estimate of drug-likeness (QED) is 0.475. The zero-order chi connectivity index (χ0) is 27.8. The van der Waals surface area contributed by atoms with E-state index < -0.39 is 45.8 Å². The van der Waals surface area contributed by atoms with Crippen LogP contribution < -0.4 is 14.4 Å². The van der Waals surface area contributed by atoms with Crippen molar-refractivity contribution in [3.05, 3.63) is 47.8 Å². The number of aliphatic carboxylic acids is 1. The SMILES string of the molecule is Cc1cc(S(=O)(=O)N2C[C@H](CCC(=O)O)Oc3ccc(NC(=O)OC(C)(C)C(F)(F)F)cc32)ccc1F. The van der Waals surface area contributed by atoms with Crippen molar-refractivity contribution >= 4 is 33.5 Å². The van der Waals surface area contributed by atoms with Crippen LogP contribution >= 0.6 is 0 Å². The second-order valence-corrected chi connectivity index (χ2v) is 10.7. The number of fused-ring (bicyclic) bond motifs is 1. The van der Waals surface area contributed by atoms with Crippen molar-refractivity contribution in [2.75, 3.05) is 16.2 Å². The highest BCUT2D eigenvalue weighted by atomic mass is 32.2. The highest BCUT2D eigenvalue weighted by Crippen LogP contribution is 2.40. The molecule has 202 valence electrons. The molecule has 1 aliphatic heterocycles. The maximum absolute atomic E-state index is 13.8. The highest BCUT2D eigenvalue weighted by molar-refractivity contribution is 7.92. The van der Waals surface area contributed by atoms with Crippen molar-refractivity contribution in [1.29, 1.82) is 0 Å². The lowest BCUT2D eigenvalue weighted by Gasteiger charge is -2.35. The maximum Gasteiger partial charge on any atom is 0.427 e. The van der Waals surface area contributed by atoms with Crippen LogP contribution in [0.2, 0.25) is 0 Å². The third kappa shape index (κ3) is 6.24. The van der Waals surface area contributed by atoms with Gasteiger partial charge < -0.3 is 14.6 Å². The Morgan fingerprint density at radius 1 is 1.19 bits per heavy atom. The summed E-state index contributed by atoms with van der Waals surface area (Å²) in [6.07, 6.45) is -7.44. The highest BCUT2D eigenvalue weighted by Gasteiger charge is 2.51. The maximum atomic E-state index is 13.8. The fraction of sp³-hybridized carbons (Fsp3) is 0.391. The van der Waals surface area contributed by atoms with E-state index in [1.807, 2.05) is 0 Å². The van der Waals surface area contributed by atoms with Gasteiger partial charge in [0.15, 0.2) is 0 Å². The topological polar surface area (TPSA) is 122 Å². The second kappa shape index (κ2) is 10.1.